The normalized spacial score (nSPS) is 15.0. The molecule has 1 aromatic carbocycles. The van der Waals surface area contributed by atoms with Crippen LogP contribution in [0.4, 0.5) is 5.69 Å². The molecule has 8 heteroatoms. The van der Waals surface area contributed by atoms with Crippen molar-refractivity contribution in [1.29, 1.82) is 0 Å². The molecule has 2 amide bonds. The summed E-state index contributed by atoms with van der Waals surface area (Å²) in [6.45, 7) is 3.57. The standard InChI is InChI=1S/C21H27N3O5/c1-14-8-11-29-20(14)21(26)22-15-6-9-24(10-7-15)13-19(25)23-17-12-16(27-2)4-5-18(17)28-3/h4-5,8,11-12,15H,6-7,9-10,13H2,1-3H3,(H,22,26)(H,23,25). The molecule has 1 aromatic heterocycles. The largest absolute Gasteiger partial charge is 0.497 e. The molecule has 2 aromatic rings. The van der Waals surface area contributed by atoms with Gasteiger partial charge in [0, 0.05) is 30.8 Å². The predicted molar refractivity (Wildman–Crippen MR) is 109 cm³/mol. The summed E-state index contributed by atoms with van der Waals surface area (Å²) >= 11 is 0. The Labute approximate surface area is 170 Å². The van der Waals surface area contributed by atoms with Gasteiger partial charge in [-0.2, -0.15) is 0 Å². The van der Waals surface area contributed by atoms with E-state index in [9.17, 15) is 9.59 Å². The van der Waals surface area contributed by atoms with E-state index < -0.39 is 0 Å². The minimum atomic E-state index is -0.186. The molecule has 3 rings (SSSR count). The second-order valence-corrected chi connectivity index (χ2v) is 7.07. The lowest BCUT2D eigenvalue weighted by atomic mass is 10.0. The summed E-state index contributed by atoms with van der Waals surface area (Å²) in [5.74, 6) is 1.27. The summed E-state index contributed by atoms with van der Waals surface area (Å²) in [6.07, 6.45) is 3.07. The fourth-order valence-corrected chi connectivity index (χ4v) is 3.40. The zero-order chi connectivity index (χ0) is 20.8. The first-order valence-corrected chi connectivity index (χ1v) is 9.59. The number of amides is 2. The SMILES string of the molecule is COc1ccc(OC)c(NC(=O)CN2CCC(NC(=O)c3occc3C)CC2)c1. The van der Waals surface area contributed by atoms with Crippen LogP contribution in [0.2, 0.25) is 0 Å². The van der Waals surface area contributed by atoms with Gasteiger partial charge >= 0.3 is 0 Å². The Morgan fingerprint density at radius 2 is 1.93 bits per heavy atom. The molecule has 0 saturated carbocycles. The van der Waals surface area contributed by atoms with E-state index in [1.54, 1.807) is 38.5 Å². The quantitative estimate of drug-likeness (QED) is 0.740. The predicted octanol–water partition coefficient (Wildman–Crippen LogP) is 2.44. The maximum absolute atomic E-state index is 12.5. The Hall–Kier alpha value is -3.00. The van der Waals surface area contributed by atoms with E-state index in [4.69, 9.17) is 13.9 Å². The average molecular weight is 401 g/mol. The third-order valence-electron chi connectivity index (χ3n) is 5.04. The van der Waals surface area contributed by atoms with E-state index in [0.717, 1.165) is 31.5 Å². The molecule has 0 aliphatic carbocycles. The van der Waals surface area contributed by atoms with Gasteiger partial charge in [-0.3, -0.25) is 14.5 Å². The van der Waals surface area contributed by atoms with Crippen LogP contribution in [-0.2, 0) is 4.79 Å². The van der Waals surface area contributed by atoms with E-state index in [0.29, 0.717) is 22.9 Å². The molecular weight excluding hydrogens is 374 g/mol. The number of ether oxygens (including phenoxy) is 2. The van der Waals surface area contributed by atoms with Crippen LogP contribution >= 0.6 is 0 Å². The van der Waals surface area contributed by atoms with E-state index in [1.165, 1.54) is 6.26 Å². The number of anilines is 1. The Morgan fingerprint density at radius 1 is 1.17 bits per heavy atom. The summed E-state index contributed by atoms with van der Waals surface area (Å²) in [6, 6.07) is 7.11. The molecule has 2 N–H and O–H groups in total. The third kappa shape index (κ3) is 5.29. The third-order valence-corrected chi connectivity index (χ3v) is 5.04. The number of rotatable bonds is 7. The Morgan fingerprint density at radius 3 is 2.55 bits per heavy atom. The number of aryl methyl sites for hydroxylation is 1. The van der Waals surface area contributed by atoms with E-state index in [-0.39, 0.29) is 24.4 Å². The minimum Gasteiger partial charge on any atom is -0.497 e. The average Bonchev–Trinajstić information content (AvgIpc) is 3.15. The molecule has 156 valence electrons. The summed E-state index contributed by atoms with van der Waals surface area (Å²) < 4.78 is 15.7. The van der Waals surface area contributed by atoms with Crippen molar-refractivity contribution in [2.24, 2.45) is 0 Å². The fraction of sp³-hybridized carbons (Fsp3) is 0.429. The smallest absolute Gasteiger partial charge is 0.287 e. The zero-order valence-corrected chi connectivity index (χ0v) is 17.0. The number of hydrogen-bond donors (Lipinski definition) is 2. The van der Waals surface area contributed by atoms with Crippen LogP contribution in [0.1, 0.15) is 29.0 Å². The van der Waals surface area contributed by atoms with Crippen molar-refractivity contribution in [2.45, 2.75) is 25.8 Å². The highest BCUT2D eigenvalue weighted by Gasteiger charge is 2.24. The highest BCUT2D eigenvalue weighted by atomic mass is 16.5. The summed E-state index contributed by atoms with van der Waals surface area (Å²) in [7, 11) is 3.13. The van der Waals surface area contributed by atoms with Gasteiger partial charge in [0.1, 0.15) is 11.5 Å². The second kappa shape index (κ2) is 9.47. The van der Waals surface area contributed by atoms with Gasteiger partial charge in [-0.1, -0.05) is 0 Å². The topological polar surface area (TPSA) is 93.0 Å². The number of likely N-dealkylation sites (tertiary alicyclic amines) is 1. The first-order chi connectivity index (χ1) is 14.0. The lowest BCUT2D eigenvalue weighted by Crippen LogP contribution is -2.46. The molecular formula is C21H27N3O5. The molecule has 1 fully saturated rings. The lowest BCUT2D eigenvalue weighted by molar-refractivity contribution is -0.117. The van der Waals surface area contributed by atoms with Crippen molar-refractivity contribution in [1.82, 2.24) is 10.2 Å². The van der Waals surface area contributed by atoms with Gasteiger partial charge in [-0.15, -0.1) is 0 Å². The van der Waals surface area contributed by atoms with Crippen molar-refractivity contribution in [3.8, 4) is 11.5 Å². The number of carbonyl (C=O) groups excluding carboxylic acids is 2. The Bertz CT molecular complexity index is 856. The molecule has 0 spiro atoms. The highest BCUT2D eigenvalue weighted by Crippen LogP contribution is 2.28. The van der Waals surface area contributed by atoms with Crippen molar-refractivity contribution in [3.63, 3.8) is 0 Å². The van der Waals surface area contributed by atoms with Crippen LogP contribution in [0.5, 0.6) is 11.5 Å². The van der Waals surface area contributed by atoms with Crippen LogP contribution < -0.4 is 20.1 Å². The van der Waals surface area contributed by atoms with Gasteiger partial charge in [0.2, 0.25) is 5.91 Å². The second-order valence-electron chi connectivity index (χ2n) is 7.07. The molecule has 1 saturated heterocycles. The molecule has 1 aliphatic rings. The number of hydrogen-bond acceptors (Lipinski definition) is 6. The first-order valence-electron chi connectivity index (χ1n) is 9.59. The number of piperidine rings is 1. The van der Waals surface area contributed by atoms with Gasteiger partial charge in [-0.25, -0.2) is 0 Å². The van der Waals surface area contributed by atoms with Gasteiger partial charge in [-0.05, 0) is 38.0 Å². The number of furan rings is 1. The molecule has 0 atom stereocenters. The van der Waals surface area contributed by atoms with Gasteiger partial charge in [0.05, 0.1) is 32.7 Å². The van der Waals surface area contributed by atoms with Crippen molar-refractivity contribution in [3.05, 3.63) is 41.9 Å². The van der Waals surface area contributed by atoms with Crippen LogP contribution in [-0.4, -0.2) is 56.6 Å². The van der Waals surface area contributed by atoms with Crippen molar-refractivity contribution < 1.29 is 23.5 Å². The summed E-state index contributed by atoms with van der Waals surface area (Å²) in [4.78, 5) is 26.8. The maximum atomic E-state index is 12.5. The van der Waals surface area contributed by atoms with Crippen LogP contribution in [0.25, 0.3) is 0 Å². The van der Waals surface area contributed by atoms with Crippen LogP contribution in [0.15, 0.2) is 34.9 Å². The number of nitrogens with zero attached hydrogens (tertiary/aromatic N) is 1. The van der Waals surface area contributed by atoms with Gasteiger partial charge in [0.25, 0.3) is 5.91 Å². The van der Waals surface area contributed by atoms with Gasteiger partial charge < -0.3 is 24.5 Å². The molecule has 2 heterocycles. The number of methoxy groups -OCH3 is 2. The van der Waals surface area contributed by atoms with E-state index >= 15 is 0 Å². The van der Waals surface area contributed by atoms with Crippen LogP contribution in [0.3, 0.4) is 0 Å². The molecule has 0 radical (unpaired) electrons. The highest BCUT2D eigenvalue weighted by molar-refractivity contribution is 5.94. The number of nitrogens with one attached hydrogen (secondary N) is 2. The summed E-state index contributed by atoms with van der Waals surface area (Å²) in [5, 5.41) is 5.90. The fourth-order valence-electron chi connectivity index (χ4n) is 3.40. The molecule has 8 nitrogen and oxygen atoms in total. The van der Waals surface area contributed by atoms with Crippen LogP contribution in [0, 0.1) is 6.92 Å². The molecule has 0 bridgehead atoms. The molecule has 29 heavy (non-hydrogen) atoms. The van der Waals surface area contributed by atoms with Crippen molar-refractivity contribution >= 4 is 17.5 Å². The maximum Gasteiger partial charge on any atom is 0.287 e. The Kier molecular flexibility index (Phi) is 6.77. The molecule has 1 aliphatic heterocycles. The monoisotopic (exact) mass is 401 g/mol. The Balaban J connectivity index is 1.47. The number of benzene rings is 1. The van der Waals surface area contributed by atoms with Gasteiger partial charge in [0.15, 0.2) is 5.76 Å². The van der Waals surface area contributed by atoms with Crippen molar-refractivity contribution in [2.75, 3.05) is 39.2 Å². The lowest BCUT2D eigenvalue weighted by Gasteiger charge is -2.31. The molecule has 0 unspecified atom stereocenters. The van der Waals surface area contributed by atoms with E-state index in [1.807, 2.05) is 6.92 Å². The van der Waals surface area contributed by atoms with E-state index in [2.05, 4.69) is 15.5 Å². The minimum absolute atomic E-state index is 0.0739. The summed E-state index contributed by atoms with van der Waals surface area (Å²) in [5.41, 5.74) is 1.40. The number of carbonyl (C=O) groups is 2. The first kappa shape index (κ1) is 20.7. The zero-order valence-electron chi connectivity index (χ0n) is 17.0.